The summed E-state index contributed by atoms with van der Waals surface area (Å²) in [5.41, 5.74) is 1.05. The Hall–Kier alpha value is -0.860. The van der Waals surface area contributed by atoms with Crippen LogP contribution in [0.15, 0.2) is 6.20 Å². The van der Waals surface area contributed by atoms with Crippen LogP contribution in [0, 0.1) is 0 Å². The number of rotatable bonds is 1. The van der Waals surface area contributed by atoms with Crippen molar-refractivity contribution in [3.63, 3.8) is 0 Å². The van der Waals surface area contributed by atoms with E-state index in [1.54, 1.807) is 4.68 Å². The zero-order valence-electron chi connectivity index (χ0n) is 11.8. The standard InChI is InChI=1S/C5H9N3.C3H8.2C2H6/c1-3-5-4-8(2)7-6-5;1-3-2;2*1-2/h4H,3H2,1-2H3;3H2,1-2H3;2*1-2H3. The topological polar surface area (TPSA) is 30.7 Å². The highest BCUT2D eigenvalue weighted by atomic mass is 15.4. The first kappa shape index (κ1) is 19.7. The van der Waals surface area contributed by atoms with Crippen molar-refractivity contribution in [2.24, 2.45) is 7.05 Å². The molecule has 0 saturated heterocycles. The second-order valence-electron chi connectivity index (χ2n) is 2.44. The number of hydrogen-bond acceptors (Lipinski definition) is 2. The minimum atomic E-state index is 0.966. The molecule has 0 saturated carbocycles. The van der Waals surface area contributed by atoms with Gasteiger partial charge in [0, 0.05) is 13.2 Å². The Bertz CT molecular complexity index is 183. The quantitative estimate of drug-likeness (QED) is 0.712. The Labute approximate surface area is 95.9 Å². The fraction of sp³-hybridized carbons (Fsp3) is 0.833. The molecule has 0 aliphatic heterocycles. The molecule has 15 heavy (non-hydrogen) atoms. The van der Waals surface area contributed by atoms with Gasteiger partial charge in [-0.2, -0.15) is 0 Å². The van der Waals surface area contributed by atoms with E-state index in [1.165, 1.54) is 6.42 Å². The van der Waals surface area contributed by atoms with Gasteiger partial charge < -0.3 is 0 Å². The van der Waals surface area contributed by atoms with Crippen LogP contribution < -0.4 is 0 Å². The van der Waals surface area contributed by atoms with Gasteiger partial charge in [0.15, 0.2) is 0 Å². The summed E-state index contributed by atoms with van der Waals surface area (Å²) >= 11 is 0. The Morgan fingerprint density at radius 3 is 1.60 bits per heavy atom. The molecular weight excluding hydrogens is 186 g/mol. The zero-order chi connectivity index (χ0) is 12.7. The molecule has 0 atom stereocenters. The third-order valence-electron chi connectivity index (χ3n) is 1.01. The van der Waals surface area contributed by atoms with Gasteiger partial charge in [-0.1, -0.05) is 60.1 Å². The highest BCUT2D eigenvalue weighted by molar-refractivity contribution is 4.89. The van der Waals surface area contributed by atoms with Crippen molar-refractivity contribution >= 4 is 0 Å². The molecule has 1 aromatic heterocycles. The molecule has 0 aromatic carbocycles. The van der Waals surface area contributed by atoms with Crippen LogP contribution in [-0.2, 0) is 13.5 Å². The lowest BCUT2D eigenvalue weighted by atomic mass is 10.4. The van der Waals surface area contributed by atoms with Crippen LogP contribution in [0.3, 0.4) is 0 Å². The predicted octanol–water partition coefficient (Wildman–Crippen LogP) is 3.85. The van der Waals surface area contributed by atoms with E-state index in [9.17, 15) is 0 Å². The van der Waals surface area contributed by atoms with Crippen molar-refractivity contribution in [2.45, 2.75) is 61.3 Å². The largest absolute Gasteiger partial charge is 0.255 e. The molecule has 0 aliphatic rings. The maximum absolute atomic E-state index is 3.85. The molecule has 0 N–H and O–H groups in total. The van der Waals surface area contributed by atoms with Gasteiger partial charge in [-0.05, 0) is 6.42 Å². The van der Waals surface area contributed by atoms with Gasteiger partial charge in [0.2, 0.25) is 0 Å². The summed E-state index contributed by atoms with van der Waals surface area (Å²) in [6, 6.07) is 0. The summed E-state index contributed by atoms with van der Waals surface area (Å²) in [6.07, 6.45) is 4.13. The molecule has 92 valence electrons. The van der Waals surface area contributed by atoms with Crippen LogP contribution in [0.5, 0.6) is 0 Å². The summed E-state index contributed by atoms with van der Waals surface area (Å²) in [7, 11) is 1.87. The van der Waals surface area contributed by atoms with Crippen LogP contribution in [0.2, 0.25) is 0 Å². The van der Waals surface area contributed by atoms with Gasteiger partial charge >= 0.3 is 0 Å². The van der Waals surface area contributed by atoms with Gasteiger partial charge in [-0.3, -0.25) is 4.68 Å². The van der Waals surface area contributed by atoms with E-state index >= 15 is 0 Å². The van der Waals surface area contributed by atoms with Gasteiger partial charge in [0.05, 0.1) is 5.69 Å². The lowest BCUT2D eigenvalue weighted by Gasteiger charge is -1.78. The van der Waals surface area contributed by atoms with Gasteiger partial charge in [-0.25, -0.2) is 0 Å². The Kier molecular flexibility index (Phi) is 24.7. The van der Waals surface area contributed by atoms with Crippen LogP contribution in [0.4, 0.5) is 0 Å². The molecule has 0 spiro atoms. The Morgan fingerprint density at radius 2 is 1.47 bits per heavy atom. The molecule has 1 rings (SSSR count). The average Bonchev–Trinajstić information content (AvgIpc) is 2.71. The van der Waals surface area contributed by atoms with Crippen molar-refractivity contribution in [1.82, 2.24) is 15.0 Å². The van der Waals surface area contributed by atoms with E-state index in [1.807, 2.05) is 40.9 Å². The minimum absolute atomic E-state index is 0.966. The fourth-order valence-corrected chi connectivity index (χ4v) is 0.557. The third kappa shape index (κ3) is 15.9. The Balaban J connectivity index is -0.000000176. The minimum Gasteiger partial charge on any atom is -0.255 e. The first-order valence-electron chi connectivity index (χ1n) is 6.09. The van der Waals surface area contributed by atoms with E-state index in [2.05, 4.69) is 31.1 Å². The summed E-state index contributed by atoms with van der Waals surface area (Å²) in [5.74, 6) is 0. The maximum atomic E-state index is 3.85. The molecule has 0 aliphatic carbocycles. The molecule has 0 radical (unpaired) electrons. The number of nitrogens with zero attached hydrogens (tertiary/aromatic N) is 3. The van der Waals surface area contributed by atoms with E-state index in [0.29, 0.717) is 0 Å². The highest BCUT2D eigenvalue weighted by Gasteiger charge is 1.90. The van der Waals surface area contributed by atoms with Crippen molar-refractivity contribution < 1.29 is 0 Å². The van der Waals surface area contributed by atoms with E-state index in [4.69, 9.17) is 0 Å². The van der Waals surface area contributed by atoms with Crippen molar-refractivity contribution in [3.8, 4) is 0 Å². The SMILES string of the molecule is CC.CC.CCC.CCc1cn(C)nn1. The van der Waals surface area contributed by atoms with Crippen molar-refractivity contribution in [3.05, 3.63) is 11.9 Å². The predicted molar refractivity (Wildman–Crippen MR) is 69.0 cm³/mol. The van der Waals surface area contributed by atoms with Crippen molar-refractivity contribution in [2.75, 3.05) is 0 Å². The smallest absolute Gasteiger partial charge is 0.0824 e. The van der Waals surface area contributed by atoms with E-state index < -0.39 is 0 Å². The molecular formula is C12H29N3. The van der Waals surface area contributed by atoms with Gasteiger partial charge in [0.1, 0.15) is 0 Å². The lowest BCUT2D eigenvalue weighted by Crippen LogP contribution is -1.85. The molecule has 3 heteroatoms. The summed E-state index contributed by atoms with van der Waals surface area (Å²) in [6.45, 7) is 14.3. The zero-order valence-corrected chi connectivity index (χ0v) is 11.8. The monoisotopic (exact) mass is 215 g/mol. The van der Waals surface area contributed by atoms with Gasteiger partial charge in [0.25, 0.3) is 0 Å². The Morgan fingerprint density at radius 1 is 1.07 bits per heavy atom. The molecule has 0 bridgehead atoms. The third-order valence-corrected chi connectivity index (χ3v) is 1.01. The molecule has 1 heterocycles. The van der Waals surface area contributed by atoms with Crippen LogP contribution in [-0.4, -0.2) is 15.0 Å². The first-order chi connectivity index (χ1) is 7.24. The maximum Gasteiger partial charge on any atom is 0.0824 e. The van der Waals surface area contributed by atoms with Crippen LogP contribution >= 0.6 is 0 Å². The second-order valence-corrected chi connectivity index (χ2v) is 2.44. The summed E-state index contributed by atoms with van der Waals surface area (Å²) < 4.78 is 1.71. The number of aromatic nitrogens is 3. The van der Waals surface area contributed by atoms with Crippen molar-refractivity contribution in [1.29, 1.82) is 0 Å². The molecule has 1 aromatic rings. The molecule has 0 fully saturated rings. The second kappa shape index (κ2) is 18.8. The molecule has 0 amide bonds. The normalized spacial score (nSPS) is 7.20. The van der Waals surface area contributed by atoms with E-state index in [0.717, 1.165) is 12.1 Å². The summed E-state index contributed by atoms with van der Waals surface area (Å²) in [5, 5.41) is 7.60. The number of hydrogen-bond donors (Lipinski definition) is 0. The number of aryl methyl sites for hydroxylation is 2. The van der Waals surface area contributed by atoms with Gasteiger partial charge in [-0.15, -0.1) is 5.10 Å². The molecule has 3 nitrogen and oxygen atoms in total. The highest BCUT2D eigenvalue weighted by Crippen LogP contribution is 1.89. The molecule has 0 unspecified atom stereocenters. The fourth-order valence-electron chi connectivity index (χ4n) is 0.557. The summed E-state index contributed by atoms with van der Waals surface area (Å²) in [4.78, 5) is 0. The first-order valence-corrected chi connectivity index (χ1v) is 6.09. The lowest BCUT2D eigenvalue weighted by molar-refractivity contribution is 0.713. The van der Waals surface area contributed by atoms with E-state index in [-0.39, 0.29) is 0 Å². The average molecular weight is 215 g/mol. The van der Waals surface area contributed by atoms with Crippen LogP contribution in [0.25, 0.3) is 0 Å². The van der Waals surface area contributed by atoms with Crippen LogP contribution in [0.1, 0.15) is 60.6 Å².